The summed E-state index contributed by atoms with van der Waals surface area (Å²) in [7, 11) is 0. The molecule has 0 aliphatic heterocycles. The average Bonchev–Trinajstić information content (AvgIpc) is 2.43. The monoisotopic (exact) mass is 338 g/mol. The maximum absolute atomic E-state index is 10.5. The molecule has 3 nitrogen and oxygen atoms in total. The van der Waals surface area contributed by atoms with Crippen LogP contribution < -0.4 is 4.74 Å². The van der Waals surface area contributed by atoms with Crippen molar-refractivity contribution in [2.45, 2.75) is 38.7 Å². The Morgan fingerprint density at radius 3 is 2.70 bits per heavy atom. The first-order valence-corrected chi connectivity index (χ1v) is 7.68. The van der Waals surface area contributed by atoms with Crippen molar-refractivity contribution in [1.82, 2.24) is 0 Å². The molecule has 0 aromatic heterocycles. The molecule has 0 heterocycles. The number of carboxylic acid groups (broad SMARTS) is 1. The first-order chi connectivity index (χ1) is 9.56. The van der Waals surface area contributed by atoms with Crippen molar-refractivity contribution in [2.75, 3.05) is 0 Å². The smallest absolute Gasteiger partial charge is 0.327 e. The van der Waals surface area contributed by atoms with E-state index < -0.39 is 5.97 Å². The van der Waals surface area contributed by atoms with Crippen molar-refractivity contribution in [3.63, 3.8) is 0 Å². The molecule has 0 spiro atoms. The van der Waals surface area contributed by atoms with Crippen molar-refractivity contribution in [1.29, 1.82) is 0 Å². The van der Waals surface area contributed by atoms with Crippen LogP contribution in [0.2, 0.25) is 0 Å². The molecule has 1 aliphatic rings. The van der Waals surface area contributed by atoms with E-state index in [1.165, 1.54) is 6.08 Å². The predicted octanol–water partition coefficient (Wildman–Crippen LogP) is 4.34. The van der Waals surface area contributed by atoms with Crippen LogP contribution >= 0.6 is 15.9 Å². The lowest BCUT2D eigenvalue weighted by atomic mass is 9.87. The van der Waals surface area contributed by atoms with Gasteiger partial charge in [-0.2, -0.15) is 0 Å². The number of ether oxygens (including phenoxy) is 1. The summed E-state index contributed by atoms with van der Waals surface area (Å²) in [4.78, 5) is 10.5. The molecule has 1 N–H and O–H groups in total. The van der Waals surface area contributed by atoms with Crippen molar-refractivity contribution in [2.24, 2.45) is 5.92 Å². The molecule has 0 bridgehead atoms. The minimum atomic E-state index is -0.867. The number of allylic oxidation sites excluding steroid dienone is 1. The topological polar surface area (TPSA) is 46.5 Å². The highest BCUT2D eigenvalue weighted by atomic mass is 79.9. The normalized spacial score (nSPS) is 22.9. The highest BCUT2D eigenvalue weighted by Crippen LogP contribution is 2.31. The minimum Gasteiger partial charge on any atom is -0.490 e. The molecule has 0 saturated heterocycles. The van der Waals surface area contributed by atoms with Crippen molar-refractivity contribution in [3.8, 4) is 5.75 Å². The summed E-state index contributed by atoms with van der Waals surface area (Å²) >= 11 is 3.51. The molecule has 1 aliphatic carbocycles. The number of halogens is 1. The fourth-order valence-electron chi connectivity index (χ4n) is 2.51. The van der Waals surface area contributed by atoms with E-state index >= 15 is 0 Å². The Morgan fingerprint density at radius 1 is 1.35 bits per heavy atom. The average molecular weight is 339 g/mol. The molecule has 1 saturated carbocycles. The Labute approximate surface area is 127 Å². The molecule has 1 fully saturated rings. The third-order valence-corrected chi connectivity index (χ3v) is 4.60. The third kappa shape index (κ3) is 4.10. The van der Waals surface area contributed by atoms with Crippen LogP contribution in [0, 0.1) is 12.8 Å². The van der Waals surface area contributed by atoms with Crippen LogP contribution in [-0.2, 0) is 4.79 Å². The van der Waals surface area contributed by atoms with Crippen molar-refractivity contribution in [3.05, 3.63) is 40.4 Å². The molecule has 4 heteroatoms. The first-order valence-electron chi connectivity index (χ1n) is 6.89. The van der Waals surface area contributed by atoms with Gasteiger partial charge in [0.15, 0.2) is 0 Å². The van der Waals surface area contributed by atoms with Gasteiger partial charge in [0.2, 0.25) is 0 Å². The lowest BCUT2D eigenvalue weighted by Crippen LogP contribution is -2.23. The number of carboxylic acids is 1. The SMILES string of the molecule is Cc1c(Br)cccc1O[C@H]1CC[C@H](/C=C/C(=O)O)CC1. The predicted molar refractivity (Wildman–Crippen MR) is 82.0 cm³/mol. The van der Waals surface area contributed by atoms with Gasteiger partial charge in [0.25, 0.3) is 0 Å². The Hall–Kier alpha value is -1.29. The second-order valence-corrected chi connectivity index (χ2v) is 6.07. The lowest BCUT2D eigenvalue weighted by molar-refractivity contribution is -0.131. The summed E-state index contributed by atoms with van der Waals surface area (Å²) in [5.41, 5.74) is 1.13. The maximum Gasteiger partial charge on any atom is 0.327 e. The number of aliphatic carboxylic acids is 1. The molecular weight excluding hydrogens is 320 g/mol. The van der Waals surface area contributed by atoms with Crippen LogP contribution in [-0.4, -0.2) is 17.2 Å². The van der Waals surface area contributed by atoms with Gasteiger partial charge in [0.1, 0.15) is 5.75 Å². The third-order valence-electron chi connectivity index (χ3n) is 3.74. The van der Waals surface area contributed by atoms with E-state index in [0.717, 1.165) is 41.5 Å². The van der Waals surface area contributed by atoms with Gasteiger partial charge < -0.3 is 9.84 Å². The largest absolute Gasteiger partial charge is 0.490 e. The van der Waals surface area contributed by atoms with Gasteiger partial charge in [-0.05, 0) is 50.7 Å². The Kier molecular flexibility index (Phi) is 5.24. The van der Waals surface area contributed by atoms with E-state index in [9.17, 15) is 4.79 Å². The van der Waals surface area contributed by atoms with Gasteiger partial charge >= 0.3 is 5.97 Å². The van der Waals surface area contributed by atoms with Crippen molar-refractivity contribution < 1.29 is 14.6 Å². The highest BCUT2D eigenvalue weighted by molar-refractivity contribution is 9.10. The van der Waals surface area contributed by atoms with Gasteiger partial charge in [-0.1, -0.05) is 28.1 Å². The molecule has 1 aromatic carbocycles. The highest BCUT2D eigenvalue weighted by Gasteiger charge is 2.21. The lowest BCUT2D eigenvalue weighted by Gasteiger charge is -2.28. The number of benzene rings is 1. The summed E-state index contributed by atoms with van der Waals surface area (Å²) in [6.07, 6.45) is 7.22. The van der Waals surface area contributed by atoms with Gasteiger partial charge in [0, 0.05) is 16.1 Å². The standard InChI is InChI=1S/C16H19BrO3/c1-11-14(17)3-2-4-15(11)20-13-8-5-12(6-9-13)7-10-16(18)19/h2-4,7,10,12-13H,5-6,8-9H2,1H3,(H,18,19)/b10-7+/t12-,13-. The van der Waals surface area contributed by atoms with E-state index in [1.54, 1.807) is 0 Å². The zero-order chi connectivity index (χ0) is 14.5. The van der Waals surface area contributed by atoms with E-state index in [1.807, 2.05) is 31.2 Å². The van der Waals surface area contributed by atoms with E-state index in [4.69, 9.17) is 9.84 Å². The number of hydrogen-bond donors (Lipinski definition) is 1. The summed E-state index contributed by atoms with van der Waals surface area (Å²) in [5.74, 6) is 0.437. The fraction of sp³-hybridized carbons (Fsp3) is 0.438. The van der Waals surface area contributed by atoms with Gasteiger partial charge in [0.05, 0.1) is 6.10 Å². The molecule has 20 heavy (non-hydrogen) atoms. The minimum absolute atomic E-state index is 0.234. The second kappa shape index (κ2) is 6.93. The van der Waals surface area contributed by atoms with Crippen LogP contribution in [0.1, 0.15) is 31.2 Å². The molecule has 0 atom stereocenters. The van der Waals surface area contributed by atoms with E-state index in [0.29, 0.717) is 5.92 Å². The van der Waals surface area contributed by atoms with Crippen LogP contribution in [0.5, 0.6) is 5.75 Å². The van der Waals surface area contributed by atoms with Gasteiger partial charge in [-0.15, -0.1) is 0 Å². The van der Waals surface area contributed by atoms with Crippen LogP contribution in [0.3, 0.4) is 0 Å². The Balaban J connectivity index is 1.88. The van der Waals surface area contributed by atoms with Gasteiger partial charge in [-0.25, -0.2) is 4.79 Å². The van der Waals surface area contributed by atoms with Crippen LogP contribution in [0.4, 0.5) is 0 Å². The fourth-order valence-corrected chi connectivity index (χ4v) is 2.86. The van der Waals surface area contributed by atoms with Crippen LogP contribution in [0.25, 0.3) is 0 Å². The molecule has 0 amide bonds. The van der Waals surface area contributed by atoms with Crippen molar-refractivity contribution >= 4 is 21.9 Å². The summed E-state index contributed by atoms with van der Waals surface area (Å²) in [6.45, 7) is 2.04. The molecule has 0 unspecified atom stereocenters. The summed E-state index contributed by atoms with van der Waals surface area (Å²) in [5, 5.41) is 8.63. The summed E-state index contributed by atoms with van der Waals surface area (Å²) < 4.78 is 7.13. The number of carbonyl (C=O) groups is 1. The van der Waals surface area contributed by atoms with Crippen LogP contribution in [0.15, 0.2) is 34.8 Å². The van der Waals surface area contributed by atoms with Gasteiger partial charge in [-0.3, -0.25) is 0 Å². The Bertz CT molecular complexity index is 502. The first kappa shape index (κ1) is 15.1. The van der Waals surface area contributed by atoms with E-state index in [-0.39, 0.29) is 6.10 Å². The molecule has 0 radical (unpaired) electrons. The maximum atomic E-state index is 10.5. The molecular formula is C16H19BrO3. The summed E-state index contributed by atoms with van der Waals surface area (Å²) in [6, 6.07) is 5.99. The zero-order valence-electron chi connectivity index (χ0n) is 11.5. The van der Waals surface area contributed by atoms with E-state index in [2.05, 4.69) is 15.9 Å². The molecule has 108 valence electrons. The molecule has 1 aromatic rings. The Morgan fingerprint density at radius 2 is 2.05 bits per heavy atom. The quantitative estimate of drug-likeness (QED) is 0.831. The number of hydrogen-bond acceptors (Lipinski definition) is 2. The zero-order valence-corrected chi connectivity index (χ0v) is 13.1. The number of rotatable bonds is 4. The second-order valence-electron chi connectivity index (χ2n) is 5.21. The molecule has 2 rings (SSSR count).